The van der Waals surface area contributed by atoms with Gasteiger partial charge in [-0.1, -0.05) is 24.3 Å². The summed E-state index contributed by atoms with van der Waals surface area (Å²) in [5, 5.41) is 5.99. The second kappa shape index (κ2) is 8.00. The Labute approximate surface area is 126 Å². The van der Waals surface area contributed by atoms with E-state index in [1.807, 2.05) is 24.3 Å². The molecule has 1 saturated heterocycles. The average Bonchev–Trinajstić information content (AvgIpc) is 2.49. The molecule has 0 radical (unpaired) electrons. The Kier molecular flexibility index (Phi) is 6.02. The van der Waals surface area contributed by atoms with Gasteiger partial charge in [-0.15, -0.1) is 0 Å². The van der Waals surface area contributed by atoms with Gasteiger partial charge in [0.25, 0.3) is 0 Å². The fourth-order valence-electron chi connectivity index (χ4n) is 2.59. The molecule has 0 aliphatic carbocycles. The van der Waals surface area contributed by atoms with E-state index in [2.05, 4.69) is 22.6 Å². The van der Waals surface area contributed by atoms with Crippen LogP contribution in [0.25, 0.3) is 0 Å². The van der Waals surface area contributed by atoms with Gasteiger partial charge in [0.15, 0.2) is 0 Å². The number of amides is 2. The molecule has 1 fully saturated rings. The van der Waals surface area contributed by atoms with Gasteiger partial charge >= 0.3 is 6.03 Å². The first kappa shape index (κ1) is 15.8. The molecule has 0 aromatic heterocycles. The first-order chi connectivity index (χ1) is 10.2. The Morgan fingerprint density at radius 1 is 1.29 bits per heavy atom. The van der Waals surface area contributed by atoms with Gasteiger partial charge in [-0.05, 0) is 44.1 Å². The lowest BCUT2D eigenvalue weighted by Crippen LogP contribution is -2.46. The van der Waals surface area contributed by atoms with E-state index < -0.39 is 0 Å². The van der Waals surface area contributed by atoms with Gasteiger partial charge in [-0.2, -0.15) is 0 Å². The van der Waals surface area contributed by atoms with Gasteiger partial charge in [0.05, 0.1) is 6.61 Å². The molecule has 2 amide bonds. The quantitative estimate of drug-likeness (QED) is 0.868. The van der Waals surface area contributed by atoms with E-state index in [0.29, 0.717) is 13.2 Å². The Morgan fingerprint density at radius 3 is 2.62 bits per heavy atom. The van der Waals surface area contributed by atoms with Crippen LogP contribution in [0.1, 0.15) is 24.0 Å². The lowest BCUT2D eigenvalue weighted by atomic mass is 10.1. The summed E-state index contributed by atoms with van der Waals surface area (Å²) in [7, 11) is 3.79. The molecular formula is C16H25N3O2. The van der Waals surface area contributed by atoms with E-state index >= 15 is 0 Å². The van der Waals surface area contributed by atoms with Crippen LogP contribution in [-0.4, -0.2) is 44.2 Å². The number of hydrogen-bond acceptors (Lipinski definition) is 3. The predicted molar refractivity (Wildman–Crippen MR) is 83.0 cm³/mol. The Balaban J connectivity index is 1.78. The lowest BCUT2D eigenvalue weighted by molar-refractivity contribution is 0.184. The fourth-order valence-corrected chi connectivity index (χ4v) is 2.59. The van der Waals surface area contributed by atoms with Crippen molar-refractivity contribution in [3.63, 3.8) is 0 Å². The third-order valence-electron chi connectivity index (χ3n) is 3.91. The molecule has 5 heteroatoms. The highest BCUT2D eigenvalue weighted by Gasteiger charge is 2.18. The zero-order chi connectivity index (χ0) is 15.1. The van der Waals surface area contributed by atoms with Crippen LogP contribution in [0.2, 0.25) is 0 Å². The third kappa shape index (κ3) is 5.02. The molecule has 2 rings (SSSR count). The van der Waals surface area contributed by atoms with Crippen LogP contribution in [0.5, 0.6) is 0 Å². The zero-order valence-electron chi connectivity index (χ0n) is 12.9. The Bertz CT molecular complexity index is 457. The molecule has 0 saturated carbocycles. The maximum absolute atomic E-state index is 12.0. The first-order valence-electron chi connectivity index (χ1n) is 7.47. The van der Waals surface area contributed by atoms with Crippen LogP contribution in [0.15, 0.2) is 24.3 Å². The number of nitrogens with zero attached hydrogens (tertiary/aromatic N) is 1. The number of piperidine rings is 1. The van der Waals surface area contributed by atoms with Gasteiger partial charge in [-0.25, -0.2) is 4.79 Å². The molecular weight excluding hydrogens is 266 g/mol. The van der Waals surface area contributed by atoms with Gasteiger partial charge in [0, 0.05) is 19.7 Å². The lowest BCUT2D eigenvalue weighted by Gasteiger charge is -2.29. The van der Waals surface area contributed by atoms with Crippen molar-refractivity contribution in [2.45, 2.75) is 32.0 Å². The highest BCUT2D eigenvalue weighted by atomic mass is 16.5. The van der Waals surface area contributed by atoms with Crippen molar-refractivity contribution in [1.29, 1.82) is 0 Å². The van der Waals surface area contributed by atoms with Crippen LogP contribution in [0, 0.1) is 0 Å². The number of rotatable bonds is 5. The Morgan fingerprint density at radius 2 is 1.95 bits per heavy atom. The standard InChI is InChI=1S/C16H25N3O2/c1-19-9-7-15(8-10-19)18-16(20)17-11-13-5-3-4-6-14(13)12-21-2/h3-6,15H,7-12H2,1-2H3,(H2,17,18,20). The highest BCUT2D eigenvalue weighted by Crippen LogP contribution is 2.10. The smallest absolute Gasteiger partial charge is 0.315 e. The molecule has 0 bridgehead atoms. The highest BCUT2D eigenvalue weighted by molar-refractivity contribution is 5.74. The number of ether oxygens (including phenoxy) is 1. The summed E-state index contributed by atoms with van der Waals surface area (Å²) in [6.07, 6.45) is 2.04. The van der Waals surface area contributed by atoms with E-state index in [4.69, 9.17) is 4.74 Å². The monoisotopic (exact) mass is 291 g/mol. The molecule has 116 valence electrons. The van der Waals surface area contributed by atoms with Crippen molar-refractivity contribution in [3.8, 4) is 0 Å². The van der Waals surface area contributed by atoms with Crippen molar-refractivity contribution in [3.05, 3.63) is 35.4 Å². The summed E-state index contributed by atoms with van der Waals surface area (Å²) in [4.78, 5) is 14.3. The predicted octanol–water partition coefficient (Wildman–Crippen LogP) is 1.73. The van der Waals surface area contributed by atoms with Crippen LogP contribution < -0.4 is 10.6 Å². The molecule has 1 aliphatic rings. The van der Waals surface area contributed by atoms with Crippen LogP contribution in [0.3, 0.4) is 0 Å². The van der Waals surface area contributed by atoms with Crippen molar-refractivity contribution in [2.75, 3.05) is 27.2 Å². The summed E-state index contributed by atoms with van der Waals surface area (Å²) in [6.45, 7) is 3.18. The van der Waals surface area contributed by atoms with Crippen LogP contribution >= 0.6 is 0 Å². The summed E-state index contributed by atoms with van der Waals surface area (Å²) in [5.41, 5.74) is 2.21. The molecule has 5 nitrogen and oxygen atoms in total. The molecule has 21 heavy (non-hydrogen) atoms. The largest absolute Gasteiger partial charge is 0.380 e. The number of likely N-dealkylation sites (tertiary alicyclic amines) is 1. The van der Waals surface area contributed by atoms with Gasteiger partial charge in [0.2, 0.25) is 0 Å². The molecule has 0 atom stereocenters. The minimum atomic E-state index is -0.0863. The van der Waals surface area contributed by atoms with Crippen molar-refractivity contribution >= 4 is 6.03 Å². The Hall–Kier alpha value is -1.59. The normalized spacial score (nSPS) is 16.7. The maximum atomic E-state index is 12.0. The SMILES string of the molecule is COCc1ccccc1CNC(=O)NC1CCN(C)CC1. The second-order valence-corrected chi connectivity index (χ2v) is 5.61. The fraction of sp³-hybridized carbons (Fsp3) is 0.562. The van der Waals surface area contributed by atoms with Crippen molar-refractivity contribution < 1.29 is 9.53 Å². The average molecular weight is 291 g/mol. The third-order valence-corrected chi connectivity index (χ3v) is 3.91. The van der Waals surface area contributed by atoms with Gasteiger partial charge < -0.3 is 20.3 Å². The minimum absolute atomic E-state index is 0.0863. The van der Waals surface area contributed by atoms with Crippen molar-refractivity contribution in [1.82, 2.24) is 15.5 Å². The number of hydrogen-bond donors (Lipinski definition) is 2. The number of methoxy groups -OCH3 is 1. The minimum Gasteiger partial charge on any atom is -0.380 e. The van der Waals surface area contributed by atoms with Gasteiger partial charge in [-0.3, -0.25) is 0 Å². The molecule has 1 aromatic rings. The topological polar surface area (TPSA) is 53.6 Å². The van der Waals surface area contributed by atoms with E-state index in [-0.39, 0.29) is 12.1 Å². The number of carbonyl (C=O) groups excluding carboxylic acids is 1. The number of benzene rings is 1. The maximum Gasteiger partial charge on any atom is 0.315 e. The molecule has 1 aliphatic heterocycles. The van der Waals surface area contributed by atoms with E-state index in [9.17, 15) is 4.79 Å². The summed E-state index contributed by atoms with van der Waals surface area (Å²) < 4.78 is 5.17. The van der Waals surface area contributed by atoms with E-state index in [1.165, 1.54) is 0 Å². The van der Waals surface area contributed by atoms with Crippen LogP contribution in [0.4, 0.5) is 4.79 Å². The van der Waals surface area contributed by atoms with Crippen LogP contribution in [-0.2, 0) is 17.9 Å². The zero-order valence-corrected chi connectivity index (χ0v) is 12.9. The molecule has 0 unspecified atom stereocenters. The summed E-state index contributed by atoms with van der Waals surface area (Å²) in [6, 6.07) is 8.20. The van der Waals surface area contributed by atoms with E-state index in [0.717, 1.165) is 37.1 Å². The molecule has 2 N–H and O–H groups in total. The molecule has 1 aromatic carbocycles. The van der Waals surface area contributed by atoms with E-state index in [1.54, 1.807) is 7.11 Å². The summed E-state index contributed by atoms with van der Waals surface area (Å²) in [5.74, 6) is 0. The number of urea groups is 1. The molecule has 1 heterocycles. The van der Waals surface area contributed by atoms with Crippen molar-refractivity contribution in [2.24, 2.45) is 0 Å². The second-order valence-electron chi connectivity index (χ2n) is 5.61. The molecule has 0 spiro atoms. The number of nitrogens with one attached hydrogen (secondary N) is 2. The summed E-state index contributed by atoms with van der Waals surface area (Å²) >= 11 is 0. The first-order valence-corrected chi connectivity index (χ1v) is 7.47. The number of carbonyl (C=O) groups is 1. The van der Waals surface area contributed by atoms with Gasteiger partial charge in [0.1, 0.15) is 0 Å².